The first-order valence-corrected chi connectivity index (χ1v) is 9.98. The number of amides is 3. The molecular weight excluding hydrogens is 368 g/mol. The number of hydrogen-bond donors (Lipinski definition) is 3. The third-order valence-corrected chi connectivity index (χ3v) is 4.87. The molecule has 0 radical (unpaired) electrons. The molecule has 3 N–H and O–H groups in total. The lowest BCUT2D eigenvalue weighted by Gasteiger charge is -2.16. The van der Waals surface area contributed by atoms with Gasteiger partial charge in [0.25, 0.3) is 11.8 Å². The maximum atomic E-state index is 12.5. The molecule has 7 heteroatoms. The van der Waals surface area contributed by atoms with Crippen LogP contribution in [0.2, 0.25) is 0 Å². The van der Waals surface area contributed by atoms with E-state index in [0.717, 1.165) is 25.7 Å². The number of pyridine rings is 1. The largest absolute Gasteiger partial charge is 0.348 e. The Balaban J connectivity index is 1.62. The average molecular weight is 394 g/mol. The summed E-state index contributed by atoms with van der Waals surface area (Å²) in [5, 5.41) is 8.46. The van der Waals surface area contributed by atoms with Crippen molar-refractivity contribution in [3.05, 3.63) is 53.9 Å². The fourth-order valence-electron chi connectivity index (χ4n) is 3.41. The summed E-state index contributed by atoms with van der Waals surface area (Å²) in [7, 11) is 0. The van der Waals surface area contributed by atoms with Crippen molar-refractivity contribution in [2.75, 3.05) is 10.6 Å². The Morgan fingerprint density at radius 2 is 1.34 bits per heavy atom. The minimum Gasteiger partial charge on any atom is -0.348 e. The van der Waals surface area contributed by atoms with Gasteiger partial charge in [-0.25, -0.2) is 4.98 Å². The first kappa shape index (κ1) is 20.5. The molecule has 1 saturated carbocycles. The molecule has 0 atom stereocenters. The summed E-state index contributed by atoms with van der Waals surface area (Å²) < 4.78 is 0. The summed E-state index contributed by atoms with van der Waals surface area (Å²) in [6.07, 6.45) is 6.65. The Morgan fingerprint density at radius 1 is 0.793 bits per heavy atom. The zero-order chi connectivity index (χ0) is 20.6. The van der Waals surface area contributed by atoms with Crippen molar-refractivity contribution in [1.82, 2.24) is 10.3 Å². The first-order chi connectivity index (χ1) is 14.0. The van der Waals surface area contributed by atoms with Gasteiger partial charge in [-0.2, -0.15) is 0 Å². The highest BCUT2D eigenvalue weighted by atomic mass is 16.2. The number of aromatic nitrogens is 1. The van der Waals surface area contributed by atoms with Crippen molar-refractivity contribution in [3.63, 3.8) is 0 Å². The molecule has 0 saturated heterocycles. The molecule has 1 heterocycles. The average Bonchev–Trinajstić information content (AvgIpc) is 2.98. The number of rotatable bonds is 5. The molecule has 1 aromatic carbocycles. The fraction of sp³-hybridized carbons (Fsp3) is 0.364. The Bertz CT molecular complexity index is 872. The third kappa shape index (κ3) is 6.14. The Hall–Kier alpha value is -3.22. The molecule has 0 unspecified atom stereocenters. The minimum atomic E-state index is -0.401. The van der Waals surface area contributed by atoms with Crippen LogP contribution < -0.4 is 16.0 Å². The van der Waals surface area contributed by atoms with Crippen LogP contribution in [0.4, 0.5) is 11.4 Å². The van der Waals surface area contributed by atoms with Crippen LogP contribution in [0, 0.1) is 0 Å². The summed E-state index contributed by atoms with van der Waals surface area (Å²) in [4.78, 5) is 40.4. The van der Waals surface area contributed by atoms with Gasteiger partial charge in [-0.15, -0.1) is 0 Å². The van der Waals surface area contributed by atoms with Crippen LogP contribution in [-0.2, 0) is 4.79 Å². The molecule has 3 rings (SSSR count). The van der Waals surface area contributed by atoms with Gasteiger partial charge in [0.05, 0.1) is 0 Å². The van der Waals surface area contributed by atoms with Crippen molar-refractivity contribution in [2.45, 2.75) is 51.5 Å². The van der Waals surface area contributed by atoms with Gasteiger partial charge in [0.2, 0.25) is 5.91 Å². The summed E-state index contributed by atoms with van der Waals surface area (Å²) in [6, 6.07) is 11.8. The Kier molecular flexibility index (Phi) is 6.94. The highest BCUT2D eigenvalue weighted by Gasteiger charge is 2.18. The number of carbonyl (C=O) groups excluding carboxylic acids is 3. The number of hydrogen-bond acceptors (Lipinski definition) is 4. The maximum Gasteiger partial charge on any atom is 0.274 e. The summed E-state index contributed by atoms with van der Waals surface area (Å²) >= 11 is 0. The molecule has 0 bridgehead atoms. The van der Waals surface area contributed by atoms with Crippen molar-refractivity contribution in [2.24, 2.45) is 0 Å². The second kappa shape index (κ2) is 9.82. The molecule has 7 nitrogen and oxygen atoms in total. The maximum absolute atomic E-state index is 12.5. The van der Waals surface area contributed by atoms with Crippen molar-refractivity contribution in [3.8, 4) is 0 Å². The summed E-state index contributed by atoms with van der Waals surface area (Å²) in [5.41, 5.74) is 1.62. The molecule has 1 aliphatic carbocycles. The van der Waals surface area contributed by atoms with Gasteiger partial charge >= 0.3 is 0 Å². The number of nitrogens with one attached hydrogen (secondary N) is 3. The second-order valence-electron chi connectivity index (χ2n) is 7.28. The highest BCUT2D eigenvalue weighted by molar-refractivity contribution is 6.04. The normalized spacial score (nSPS) is 14.5. The molecule has 3 amide bonds. The Labute approximate surface area is 170 Å². The summed E-state index contributed by atoms with van der Waals surface area (Å²) in [6.45, 7) is 1.43. The van der Waals surface area contributed by atoms with Crippen molar-refractivity contribution < 1.29 is 14.4 Å². The van der Waals surface area contributed by atoms with Crippen LogP contribution in [0.25, 0.3) is 0 Å². The molecule has 152 valence electrons. The lowest BCUT2D eigenvalue weighted by Crippen LogP contribution is -2.35. The van der Waals surface area contributed by atoms with Crippen LogP contribution in [-0.4, -0.2) is 28.7 Å². The number of benzene rings is 1. The van der Waals surface area contributed by atoms with E-state index in [9.17, 15) is 14.4 Å². The second-order valence-corrected chi connectivity index (χ2v) is 7.28. The van der Waals surface area contributed by atoms with Crippen LogP contribution in [0.15, 0.2) is 42.5 Å². The topological polar surface area (TPSA) is 100 Å². The third-order valence-electron chi connectivity index (χ3n) is 4.87. The molecule has 1 fully saturated rings. The van der Waals surface area contributed by atoms with E-state index in [2.05, 4.69) is 20.9 Å². The smallest absolute Gasteiger partial charge is 0.274 e. The van der Waals surface area contributed by atoms with Crippen LogP contribution >= 0.6 is 0 Å². The molecular formula is C22H26N4O3. The van der Waals surface area contributed by atoms with Gasteiger partial charge in [-0.1, -0.05) is 31.7 Å². The van der Waals surface area contributed by atoms with Crippen LogP contribution in [0.3, 0.4) is 0 Å². The number of anilines is 2. The summed E-state index contributed by atoms with van der Waals surface area (Å²) in [5.74, 6) is -0.808. The van der Waals surface area contributed by atoms with Crippen molar-refractivity contribution >= 4 is 29.1 Å². The number of nitrogens with zero attached hydrogens (tertiary/aromatic N) is 1. The molecule has 0 aliphatic heterocycles. The van der Waals surface area contributed by atoms with Crippen LogP contribution in [0.5, 0.6) is 0 Å². The standard InChI is InChI=1S/C22H26N4O3/c1-15(27)23-17-11-13-18(14-12-17)25-22(29)20-10-6-9-19(26-20)21(28)24-16-7-4-2-3-5-8-16/h6,9-14,16H,2-5,7-8H2,1H3,(H,23,27)(H,24,28)(H,25,29). The van der Waals surface area contributed by atoms with E-state index in [1.807, 2.05) is 0 Å². The highest BCUT2D eigenvalue weighted by Crippen LogP contribution is 2.18. The van der Waals surface area contributed by atoms with Gasteiger partial charge in [0.1, 0.15) is 11.4 Å². The number of carbonyl (C=O) groups is 3. The van der Waals surface area contributed by atoms with Gasteiger partial charge in [0, 0.05) is 24.3 Å². The van der Waals surface area contributed by atoms with Gasteiger partial charge in [-0.3, -0.25) is 14.4 Å². The molecule has 0 spiro atoms. The van der Waals surface area contributed by atoms with Crippen LogP contribution in [0.1, 0.15) is 66.4 Å². The predicted octanol–water partition coefficient (Wildman–Crippen LogP) is 3.74. The van der Waals surface area contributed by atoms with E-state index in [1.54, 1.807) is 42.5 Å². The van der Waals surface area contributed by atoms with E-state index >= 15 is 0 Å². The van der Waals surface area contributed by atoms with E-state index in [1.165, 1.54) is 19.8 Å². The van der Waals surface area contributed by atoms with Gasteiger partial charge < -0.3 is 16.0 Å². The predicted molar refractivity (Wildman–Crippen MR) is 112 cm³/mol. The monoisotopic (exact) mass is 394 g/mol. The van der Waals surface area contributed by atoms with E-state index in [4.69, 9.17) is 0 Å². The zero-order valence-electron chi connectivity index (χ0n) is 16.5. The Morgan fingerprint density at radius 3 is 1.93 bits per heavy atom. The molecule has 1 aliphatic rings. The van der Waals surface area contributed by atoms with E-state index in [0.29, 0.717) is 11.4 Å². The van der Waals surface area contributed by atoms with Gasteiger partial charge in [-0.05, 0) is 49.2 Å². The molecule has 2 aromatic rings. The fourth-order valence-corrected chi connectivity index (χ4v) is 3.41. The quantitative estimate of drug-likeness (QED) is 0.673. The van der Waals surface area contributed by atoms with E-state index in [-0.39, 0.29) is 29.2 Å². The SMILES string of the molecule is CC(=O)Nc1ccc(NC(=O)c2cccc(C(=O)NC3CCCCCC3)n2)cc1. The zero-order valence-corrected chi connectivity index (χ0v) is 16.5. The lowest BCUT2D eigenvalue weighted by molar-refractivity contribution is -0.114. The van der Waals surface area contributed by atoms with Crippen molar-refractivity contribution in [1.29, 1.82) is 0 Å². The first-order valence-electron chi connectivity index (χ1n) is 9.98. The minimum absolute atomic E-state index is 0.162. The molecule has 29 heavy (non-hydrogen) atoms. The molecule has 1 aromatic heterocycles. The van der Waals surface area contributed by atoms with Gasteiger partial charge in [0.15, 0.2) is 0 Å². The van der Waals surface area contributed by atoms with E-state index < -0.39 is 5.91 Å². The lowest BCUT2D eigenvalue weighted by atomic mass is 10.1.